The number of halogens is 1. The number of carbonyl (C=O) groups is 1. The molecular formula is C20H21FN4O2. The van der Waals surface area contributed by atoms with E-state index >= 15 is 0 Å². The first kappa shape index (κ1) is 17.3. The van der Waals surface area contributed by atoms with Gasteiger partial charge in [-0.15, -0.1) is 0 Å². The highest BCUT2D eigenvalue weighted by Crippen LogP contribution is 2.30. The molecule has 3 aromatic rings. The summed E-state index contributed by atoms with van der Waals surface area (Å²) in [6.45, 7) is 0.222. The number of benzene rings is 1. The van der Waals surface area contributed by atoms with Gasteiger partial charge in [-0.25, -0.2) is 9.37 Å². The number of hydrogen-bond acceptors (Lipinski definition) is 4. The number of nitrogens with one attached hydrogen (secondary N) is 1. The van der Waals surface area contributed by atoms with Crippen molar-refractivity contribution in [1.82, 2.24) is 14.5 Å². The van der Waals surface area contributed by atoms with Gasteiger partial charge in [-0.3, -0.25) is 4.79 Å². The Bertz CT molecular complexity index is 1010. The minimum atomic E-state index is -0.526. The number of ether oxygens (including phenoxy) is 1. The van der Waals surface area contributed by atoms with Crippen LogP contribution in [0.25, 0.3) is 11.0 Å². The molecule has 7 heteroatoms. The Morgan fingerprint density at radius 1 is 1.26 bits per heavy atom. The van der Waals surface area contributed by atoms with E-state index in [1.54, 1.807) is 17.0 Å². The van der Waals surface area contributed by atoms with E-state index in [-0.39, 0.29) is 12.5 Å². The molecule has 0 bridgehead atoms. The van der Waals surface area contributed by atoms with Crippen LogP contribution in [0.1, 0.15) is 16.1 Å². The van der Waals surface area contributed by atoms with Crippen LogP contribution in [0.4, 0.5) is 15.9 Å². The van der Waals surface area contributed by atoms with Gasteiger partial charge in [0, 0.05) is 49.9 Å². The van der Waals surface area contributed by atoms with E-state index in [9.17, 15) is 9.18 Å². The predicted molar refractivity (Wildman–Crippen MR) is 103 cm³/mol. The highest BCUT2D eigenvalue weighted by atomic mass is 18.2. The lowest BCUT2D eigenvalue weighted by Gasteiger charge is -2.23. The number of pyridine rings is 1. The van der Waals surface area contributed by atoms with Gasteiger partial charge in [0.2, 0.25) is 0 Å². The van der Waals surface area contributed by atoms with Gasteiger partial charge in [0.25, 0.3) is 5.91 Å². The van der Waals surface area contributed by atoms with Crippen LogP contribution in [-0.4, -0.2) is 47.2 Å². The fourth-order valence-corrected chi connectivity index (χ4v) is 3.49. The number of alkyl halides is 1. The maximum Gasteiger partial charge on any atom is 0.256 e. The number of likely N-dealkylation sites (N-methyl/N-ethyl adjacent to an activating group) is 1. The number of amides is 1. The number of hydrogen-bond donors (Lipinski definition) is 1. The van der Waals surface area contributed by atoms with Gasteiger partial charge in [0.15, 0.2) is 0 Å². The molecule has 1 N–H and O–H groups in total. The van der Waals surface area contributed by atoms with E-state index in [0.717, 1.165) is 34.4 Å². The molecule has 27 heavy (non-hydrogen) atoms. The molecule has 3 heterocycles. The third kappa shape index (κ3) is 3.09. The summed E-state index contributed by atoms with van der Waals surface area (Å²) in [5.74, 6) is 1.31. The third-order valence-corrected chi connectivity index (χ3v) is 4.85. The summed E-state index contributed by atoms with van der Waals surface area (Å²) in [6, 6.07) is 11.1. The van der Waals surface area contributed by atoms with Crippen LogP contribution in [0.2, 0.25) is 0 Å². The van der Waals surface area contributed by atoms with Crippen molar-refractivity contribution >= 4 is 28.4 Å². The van der Waals surface area contributed by atoms with Crippen LogP contribution in [0.15, 0.2) is 36.4 Å². The maximum atomic E-state index is 12.6. The van der Waals surface area contributed by atoms with Gasteiger partial charge < -0.3 is 19.5 Å². The van der Waals surface area contributed by atoms with Crippen LogP contribution in [0, 0.1) is 0 Å². The summed E-state index contributed by atoms with van der Waals surface area (Å²) in [5, 5.41) is 4.12. The molecule has 0 aliphatic carbocycles. The van der Waals surface area contributed by atoms with Crippen LogP contribution in [-0.2, 0) is 13.5 Å². The number of carbonyl (C=O) groups excluding carboxylic acids is 1. The predicted octanol–water partition coefficient (Wildman–Crippen LogP) is 3.29. The van der Waals surface area contributed by atoms with Crippen LogP contribution < -0.4 is 10.1 Å². The second-order valence-electron chi connectivity index (χ2n) is 6.62. The summed E-state index contributed by atoms with van der Waals surface area (Å²) < 4.78 is 19.6. The van der Waals surface area contributed by atoms with Crippen LogP contribution >= 0.6 is 0 Å². The average Bonchev–Trinajstić information content (AvgIpc) is 2.96. The zero-order chi connectivity index (χ0) is 19.0. The van der Waals surface area contributed by atoms with E-state index in [0.29, 0.717) is 18.1 Å². The van der Waals surface area contributed by atoms with Gasteiger partial charge in [0.1, 0.15) is 30.5 Å². The smallest absolute Gasteiger partial charge is 0.256 e. The molecule has 1 aromatic carbocycles. The Morgan fingerprint density at radius 2 is 2.11 bits per heavy atom. The van der Waals surface area contributed by atoms with Crippen molar-refractivity contribution in [1.29, 1.82) is 0 Å². The van der Waals surface area contributed by atoms with Crippen molar-refractivity contribution in [2.45, 2.75) is 6.42 Å². The molecule has 0 unspecified atom stereocenters. The summed E-state index contributed by atoms with van der Waals surface area (Å²) in [4.78, 5) is 19.0. The molecule has 1 aliphatic rings. The quantitative estimate of drug-likeness (QED) is 0.752. The minimum absolute atomic E-state index is 0.0328. The SMILES string of the molecule is CN1CCc2c(c3ccc(Nc4cccc(OCC[18F])c4)nc3n2C)C1=O. The number of aryl methyl sites for hydroxylation is 1. The van der Waals surface area contributed by atoms with Crippen molar-refractivity contribution in [2.75, 3.05) is 32.2 Å². The molecule has 2 aromatic heterocycles. The Labute approximate surface area is 156 Å². The Hall–Kier alpha value is -3.09. The first-order valence-corrected chi connectivity index (χ1v) is 8.88. The molecule has 0 spiro atoms. The number of rotatable bonds is 5. The molecule has 1 amide bonds. The summed E-state index contributed by atoms with van der Waals surface area (Å²) in [5.41, 5.74) is 3.35. The fraction of sp³-hybridized carbons (Fsp3) is 0.300. The maximum absolute atomic E-state index is 12.6. The normalized spacial score (nSPS) is 13.7. The van der Waals surface area contributed by atoms with Crippen molar-refractivity contribution in [3.63, 3.8) is 0 Å². The number of fused-ring (bicyclic) bond motifs is 3. The van der Waals surface area contributed by atoms with Gasteiger partial charge >= 0.3 is 0 Å². The molecule has 4 rings (SSSR count). The molecular weight excluding hydrogens is 346 g/mol. The van der Waals surface area contributed by atoms with Crippen molar-refractivity contribution in [2.24, 2.45) is 7.05 Å². The zero-order valence-corrected chi connectivity index (χ0v) is 15.3. The second-order valence-corrected chi connectivity index (χ2v) is 6.62. The van der Waals surface area contributed by atoms with Crippen LogP contribution in [0.5, 0.6) is 5.75 Å². The number of anilines is 2. The van der Waals surface area contributed by atoms with Gasteiger partial charge in [0.05, 0.1) is 5.56 Å². The van der Waals surface area contributed by atoms with Gasteiger partial charge in [-0.1, -0.05) is 6.07 Å². The Kier molecular flexibility index (Phi) is 4.43. The van der Waals surface area contributed by atoms with E-state index < -0.39 is 6.67 Å². The highest BCUT2D eigenvalue weighted by Gasteiger charge is 2.28. The van der Waals surface area contributed by atoms with Crippen molar-refractivity contribution in [3.8, 4) is 5.75 Å². The lowest BCUT2D eigenvalue weighted by atomic mass is 10.0. The van der Waals surface area contributed by atoms with E-state index in [1.165, 1.54) is 0 Å². The molecule has 6 nitrogen and oxygen atoms in total. The highest BCUT2D eigenvalue weighted by molar-refractivity contribution is 6.08. The van der Waals surface area contributed by atoms with Crippen molar-refractivity contribution in [3.05, 3.63) is 47.7 Å². The molecule has 0 radical (unpaired) electrons. The topological polar surface area (TPSA) is 59.4 Å². The lowest BCUT2D eigenvalue weighted by Crippen LogP contribution is -2.34. The molecule has 140 valence electrons. The summed E-state index contributed by atoms with van der Waals surface area (Å²) >= 11 is 0. The molecule has 1 aliphatic heterocycles. The van der Waals surface area contributed by atoms with E-state index in [1.807, 2.05) is 42.9 Å². The molecule has 0 fully saturated rings. The van der Waals surface area contributed by atoms with E-state index in [2.05, 4.69) is 5.32 Å². The number of nitrogens with zero attached hydrogens (tertiary/aromatic N) is 3. The standard InChI is InChI=1S/C20H21FN4O2/c1-24-10-8-16-18(20(24)26)15-6-7-17(23-19(15)25(16)2)22-13-4-3-5-14(12-13)27-11-9-21/h3-7,12H,8-11H2,1-2H3,(H,22,23)/i21-1. The summed E-state index contributed by atoms with van der Waals surface area (Å²) in [7, 11) is 3.77. The summed E-state index contributed by atoms with van der Waals surface area (Å²) in [6.07, 6.45) is 0.821. The first-order chi connectivity index (χ1) is 13.1. The van der Waals surface area contributed by atoms with E-state index in [4.69, 9.17) is 9.72 Å². The van der Waals surface area contributed by atoms with Gasteiger partial charge in [-0.2, -0.15) is 0 Å². The largest absolute Gasteiger partial charge is 0.491 e. The first-order valence-electron chi connectivity index (χ1n) is 8.88. The molecule has 0 saturated carbocycles. The molecule has 0 saturated heterocycles. The van der Waals surface area contributed by atoms with Crippen molar-refractivity contribution < 1.29 is 13.9 Å². The molecule has 0 atom stereocenters. The Balaban J connectivity index is 1.67. The van der Waals surface area contributed by atoms with Crippen LogP contribution in [0.3, 0.4) is 0 Å². The monoisotopic (exact) mass is 367 g/mol. The average molecular weight is 367 g/mol. The minimum Gasteiger partial charge on any atom is -0.491 e. The lowest BCUT2D eigenvalue weighted by molar-refractivity contribution is 0.0781. The second kappa shape index (κ2) is 6.90. The zero-order valence-electron chi connectivity index (χ0n) is 15.3. The Morgan fingerprint density at radius 3 is 2.93 bits per heavy atom. The fourth-order valence-electron chi connectivity index (χ4n) is 3.49. The number of aromatic nitrogens is 2. The van der Waals surface area contributed by atoms with Gasteiger partial charge in [-0.05, 0) is 24.3 Å². The third-order valence-electron chi connectivity index (χ3n) is 4.85.